The molecule has 0 radical (unpaired) electrons. The third-order valence-corrected chi connectivity index (χ3v) is 12.7. The summed E-state index contributed by atoms with van der Waals surface area (Å²) in [5.41, 5.74) is 15.6. The largest absolute Gasteiger partial charge is 0.309 e. The first-order chi connectivity index (χ1) is 32.5. The normalized spacial score (nSPS) is 11.5. The standard InChI is InChI=1S/C60H40N6/c1-38-28-31-53-48(34-38)45-22-11-13-25-51(45)65(53)55-33-30-42(44-21-10-9-20-43(44)37-61)36-50(55)47-24-15-27-56(66-52-26-14-12-23-46(52)49-35-39(2)29-32-54(49)66)57(47)60-63-58(40-16-5-3-6-17-40)62-59(64-60)41-18-7-4-8-19-41/h3-36H,1-2H3. The Kier molecular flexibility index (Phi) is 9.22. The van der Waals surface area contributed by atoms with E-state index in [9.17, 15) is 5.26 Å². The van der Waals surface area contributed by atoms with E-state index in [1.165, 1.54) is 27.3 Å². The highest BCUT2D eigenvalue weighted by Crippen LogP contribution is 2.45. The maximum Gasteiger partial charge on any atom is 0.166 e. The van der Waals surface area contributed by atoms with Crippen LogP contribution in [0.25, 0.3) is 111 Å². The number of aryl methyl sites for hydroxylation is 2. The summed E-state index contributed by atoms with van der Waals surface area (Å²) in [6.45, 7) is 4.29. The van der Waals surface area contributed by atoms with Gasteiger partial charge in [0.15, 0.2) is 17.5 Å². The molecular weight excluding hydrogens is 805 g/mol. The van der Waals surface area contributed by atoms with Crippen molar-refractivity contribution in [1.82, 2.24) is 24.1 Å². The third kappa shape index (κ3) is 6.37. The molecule has 0 amide bonds. The molecule has 66 heavy (non-hydrogen) atoms. The highest BCUT2D eigenvalue weighted by molar-refractivity contribution is 6.12. The smallest absolute Gasteiger partial charge is 0.166 e. The second-order valence-electron chi connectivity index (χ2n) is 16.9. The number of fused-ring (bicyclic) bond motifs is 6. The molecule has 310 valence electrons. The summed E-state index contributed by atoms with van der Waals surface area (Å²) in [6.07, 6.45) is 0. The number of rotatable bonds is 7. The monoisotopic (exact) mass is 844 g/mol. The summed E-state index contributed by atoms with van der Waals surface area (Å²) in [6, 6.07) is 74.4. The van der Waals surface area contributed by atoms with E-state index in [4.69, 9.17) is 15.0 Å². The van der Waals surface area contributed by atoms with Crippen molar-refractivity contribution in [2.75, 3.05) is 0 Å². The van der Waals surface area contributed by atoms with Crippen LogP contribution in [0.2, 0.25) is 0 Å². The van der Waals surface area contributed by atoms with E-state index in [2.05, 4.69) is 150 Å². The summed E-state index contributed by atoms with van der Waals surface area (Å²) in [7, 11) is 0. The fraction of sp³-hybridized carbons (Fsp3) is 0.0333. The number of hydrogen-bond donors (Lipinski definition) is 0. The van der Waals surface area contributed by atoms with Crippen LogP contribution in [0.5, 0.6) is 0 Å². The van der Waals surface area contributed by atoms with Gasteiger partial charge in [0.1, 0.15) is 0 Å². The molecule has 3 heterocycles. The Hall–Kier alpha value is -8.92. The third-order valence-electron chi connectivity index (χ3n) is 12.7. The van der Waals surface area contributed by atoms with Gasteiger partial charge in [-0.1, -0.05) is 157 Å². The van der Waals surface area contributed by atoms with Crippen molar-refractivity contribution in [3.63, 3.8) is 0 Å². The average molecular weight is 845 g/mol. The molecule has 12 rings (SSSR count). The van der Waals surface area contributed by atoms with Gasteiger partial charge < -0.3 is 9.13 Å². The maximum atomic E-state index is 10.4. The lowest BCUT2D eigenvalue weighted by Crippen LogP contribution is -2.06. The molecule has 12 aromatic rings. The van der Waals surface area contributed by atoms with E-state index in [1.54, 1.807) is 0 Å². The highest BCUT2D eigenvalue weighted by Gasteiger charge is 2.26. The van der Waals surface area contributed by atoms with Gasteiger partial charge in [0.2, 0.25) is 0 Å². The molecule has 0 unspecified atom stereocenters. The van der Waals surface area contributed by atoms with Gasteiger partial charge in [-0.25, -0.2) is 15.0 Å². The first-order valence-corrected chi connectivity index (χ1v) is 22.2. The molecule has 0 aliphatic heterocycles. The topological polar surface area (TPSA) is 72.3 Å². The van der Waals surface area contributed by atoms with Crippen molar-refractivity contribution in [3.05, 3.63) is 223 Å². The number of para-hydroxylation sites is 2. The fourth-order valence-corrected chi connectivity index (χ4v) is 9.75. The van der Waals surface area contributed by atoms with Gasteiger partial charge in [0.25, 0.3) is 0 Å². The van der Waals surface area contributed by atoms with Crippen molar-refractivity contribution in [2.24, 2.45) is 0 Å². The van der Waals surface area contributed by atoms with Crippen LogP contribution in [0.3, 0.4) is 0 Å². The molecule has 0 saturated heterocycles. The zero-order chi connectivity index (χ0) is 44.3. The van der Waals surface area contributed by atoms with Crippen molar-refractivity contribution in [1.29, 1.82) is 5.26 Å². The molecule has 0 bridgehead atoms. The number of hydrogen-bond acceptors (Lipinski definition) is 4. The Morgan fingerprint density at radius 1 is 0.364 bits per heavy atom. The van der Waals surface area contributed by atoms with Crippen LogP contribution < -0.4 is 0 Å². The van der Waals surface area contributed by atoms with Crippen molar-refractivity contribution < 1.29 is 0 Å². The van der Waals surface area contributed by atoms with Crippen LogP contribution in [-0.4, -0.2) is 24.1 Å². The van der Waals surface area contributed by atoms with E-state index in [-0.39, 0.29) is 0 Å². The molecule has 0 aliphatic rings. The summed E-state index contributed by atoms with van der Waals surface area (Å²) >= 11 is 0. The highest BCUT2D eigenvalue weighted by atomic mass is 15.1. The number of aromatic nitrogens is 5. The molecule has 0 saturated carbocycles. The zero-order valence-corrected chi connectivity index (χ0v) is 36.3. The van der Waals surface area contributed by atoms with Gasteiger partial charge in [-0.15, -0.1) is 0 Å². The molecule has 9 aromatic carbocycles. The van der Waals surface area contributed by atoms with Crippen molar-refractivity contribution in [3.8, 4) is 73.9 Å². The van der Waals surface area contributed by atoms with Crippen LogP contribution >= 0.6 is 0 Å². The molecule has 0 aliphatic carbocycles. The minimum atomic E-state index is 0.540. The van der Waals surface area contributed by atoms with Gasteiger partial charge >= 0.3 is 0 Å². The molecule has 0 fully saturated rings. The number of benzene rings is 9. The van der Waals surface area contributed by atoms with E-state index < -0.39 is 0 Å². The Bertz CT molecular complexity index is 3850. The lowest BCUT2D eigenvalue weighted by Gasteiger charge is -2.21. The summed E-state index contributed by atoms with van der Waals surface area (Å²) in [5, 5.41) is 15.1. The summed E-state index contributed by atoms with van der Waals surface area (Å²) in [4.78, 5) is 16.1. The quantitative estimate of drug-likeness (QED) is 0.160. The molecule has 6 heteroatoms. The van der Waals surface area contributed by atoms with Gasteiger partial charge in [0, 0.05) is 38.2 Å². The molecule has 0 N–H and O–H groups in total. The van der Waals surface area contributed by atoms with E-state index >= 15 is 0 Å². The van der Waals surface area contributed by atoms with Crippen LogP contribution in [0.15, 0.2) is 206 Å². The fourth-order valence-electron chi connectivity index (χ4n) is 9.75. The number of nitriles is 1. The first-order valence-electron chi connectivity index (χ1n) is 22.2. The first kappa shape index (κ1) is 38.7. The summed E-state index contributed by atoms with van der Waals surface area (Å²) < 4.78 is 4.76. The lowest BCUT2D eigenvalue weighted by molar-refractivity contribution is 1.06. The van der Waals surface area contributed by atoms with Crippen molar-refractivity contribution in [2.45, 2.75) is 13.8 Å². The van der Waals surface area contributed by atoms with E-state index in [0.717, 1.165) is 77.8 Å². The summed E-state index contributed by atoms with van der Waals surface area (Å²) in [5.74, 6) is 1.69. The van der Waals surface area contributed by atoms with Crippen LogP contribution in [-0.2, 0) is 0 Å². The minimum Gasteiger partial charge on any atom is -0.309 e. The van der Waals surface area contributed by atoms with Crippen molar-refractivity contribution >= 4 is 43.6 Å². The maximum absolute atomic E-state index is 10.4. The van der Waals surface area contributed by atoms with Gasteiger partial charge in [-0.3, -0.25) is 0 Å². The molecule has 6 nitrogen and oxygen atoms in total. The SMILES string of the molecule is Cc1ccc2c(c1)c1ccccc1n2-c1ccc(-c2ccccc2C#N)cc1-c1cccc(-n2c3ccccc3c3cc(C)ccc32)c1-c1nc(-c2ccccc2)nc(-c2ccccc2)n1. The van der Waals surface area contributed by atoms with Crippen LogP contribution in [0.4, 0.5) is 0 Å². The Morgan fingerprint density at radius 3 is 1.47 bits per heavy atom. The average Bonchev–Trinajstić information content (AvgIpc) is 3.88. The minimum absolute atomic E-state index is 0.540. The van der Waals surface area contributed by atoms with Gasteiger partial charge in [-0.05, 0) is 91.2 Å². The lowest BCUT2D eigenvalue weighted by atomic mass is 9.91. The van der Waals surface area contributed by atoms with Gasteiger partial charge in [-0.2, -0.15) is 5.26 Å². The number of nitrogens with zero attached hydrogens (tertiary/aromatic N) is 6. The molecular formula is C60H40N6. The molecule has 0 spiro atoms. The van der Waals surface area contributed by atoms with Gasteiger partial charge in [0.05, 0.1) is 50.6 Å². The second kappa shape index (κ2) is 15.7. The Balaban J connectivity index is 1.26. The molecule has 0 atom stereocenters. The zero-order valence-electron chi connectivity index (χ0n) is 36.3. The second-order valence-corrected chi connectivity index (χ2v) is 16.9. The van der Waals surface area contributed by atoms with Crippen LogP contribution in [0, 0.1) is 25.2 Å². The predicted molar refractivity (Wildman–Crippen MR) is 270 cm³/mol. The Labute approximate surface area is 382 Å². The molecule has 3 aromatic heterocycles. The predicted octanol–water partition coefficient (Wildman–Crippen LogP) is 14.9. The van der Waals surface area contributed by atoms with E-state index in [1.807, 2.05) is 84.9 Å². The van der Waals surface area contributed by atoms with E-state index in [0.29, 0.717) is 23.0 Å². The Morgan fingerprint density at radius 2 is 0.864 bits per heavy atom. The van der Waals surface area contributed by atoms with Crippen LogP contribution in [0.1, 0.15) is 16.7 Å².